The molecule has 6 nitrogen and oxygen atoms in total. The summed E-state index contributed by atoms with van der Waals surface area (Å²) < 4.78 is 0.965. The van der Waals surface area contributed by atoms with Crippen LogP contribution in [0.2, 0.25) is 10.0 Å². The van der Waals surface area contributed by atoms with Crippen LogP contribution in [0.3, 0.4) is 0 Å². The number of thiophene rings is 1. The fourth-order valence-electron chi connectivity index (χ4n) is 2.50. The minimum atomic E-state index is 0.426. The minimum absolute atomic E-state index is 0.426. The summed E-state index contributed by atoms with van der Waals surface area (Å²) in [6, 6.07) is 9.30. The Labute approximate surface area is 163 Å². The van der Waals surface area contributed by atoms with Crippen molar-refractivity contribution >= 4 is 62.3 Å². The van der Waals surface area contributed by atoms with Crippen LogP contribution in [0.5, 0.6) is 0 Å². The number of hydrogen-bond donors (Lipinski definition) is 3. The summed E-state index contributed by atoms with van der Waals surface area (Å²) in [5.74, 6) is 1.89. The molecule has 0 aliphatic carbocycles. The van der Waals surface area contributed by atoms with Crippen molar-refractivity contribution in [3.8, 4) is 0 Å². The highest BCUT2D eigenvalue weighted by molar-refractivity contribution is 7.17. The number of rotatable bonds is 5. The first-order valence-corrected chi connectivity index (χ1v) is 9.45. The number of H-pyrrole nitrogens is 1. The van der Waals surface area contributed by atoms with Crippen molar-refractivity contribution in [1.29, 1.82) is 0 Å². The van der Waals surface area contributed by atoms with Crippen LogP contribution < -0.4 is 10.6 Å². The highest BCUT2D eigenvalue weighted by atomic mass is 35.5. The average molecular weight is 405 g/mol. The molecule has 3 N–H and O–H groups in total. The fraction of sp³-hybridized carbons (Fsp3) is 0.118. The minimum Gasteiger partial charge on any atom is -0.350 e. The number of anilines is 3. The van der Waals surface area contributed by atoms with Gasteiger partial charge in [0.2, 0.25) is 5.95 Å². The lowest BCUT2D eigenvalue weighted by Crippen LogP contribution is -2.06. The predicted octanol–water partition coefficient (Wildman–Crippen LogP) is 5.39. The van der Waals surface area contributed by atoms with Crippen LogP contribution in [-0.4, -0.2) is 20.2 Å². The van der Waals surface area contributed by atoms with E-state index in [-0.39, 0.29) is 0 Å². The molecule has 1 aromatic carbocycles. The standard InChI is InChI=1S/C17H14Cl2N6S/c1-9-7-14(25-24-9)22-16-15-13(5-6-26-15)21-17(23-16)20-8-10-11(18)3-2-4-12(10)19/h2-7H,8H2,1H3,(H3,20,21,22,23,24,25). The van der Waals surface area contributed by atoms with Crippen molar-refractivity contribution in [2.45, 2.75) is 13.5 Å². The van der Waals surface area contributed by atoms with Crippen molar-refractivity contribution in [2.24, 2.45) is 0 Å². The molecule has 4 rings (SSSR count). The summed E-state index contributed by atoms with van der Waals surface area (Å²) in [6.07, 6.45) is 0. The van der Waals surface area contributed by atoms with Gasteiger partial charge >= 0.3 is 0 Å². The zero-order chi connectivity index (χ0) is 18.1. The van der Waals surface area contributed by atoms with Crippen LogP contribution in [0.25, 0.3) is 10.2 Å². The SMILES string of the molecule is Cc1cc(Nc2nc(NCc3c(Cl)cccc3Cl)nc3ccsc23)n[nH]1. The molecule has 0 radical (unpaired) electrons. The third-order valence-electron chi connectivity index (χ3n) is 3.74. The summed E-state index contributed by atoms with van der Waals surface area (Å²) in [7, 11) is 0. The Kier molecular flexibility index (Phi) is 4.67. The van der Waals surface area contributed by atoms with Gasteiger partial charge in [-0.25, -0.2) is 4.98 Å². The summed E-state index contributed by atoms with van der Waals surface area (Å²) in [5.41, 5.74) is 2.63. The van der Waals surface area contributed by atoms with Crippen LogP contribution in [0.1, 0.15) is 11.3 Å². The van der Waals surface area contributed by atoms with Crippen LogP contribution in [0, 0.1) is 6.92 Å². The van der Waals surface area contributed by atoms with Gasteiger partial charge < -0.3 is 10.6 Å². The summed E-state index contributed by atoms with van der Waals surface area (Å²) >= 11 is 14.0. The van der Waals surface area contributed by atoms with Crippen LogP contribution >= 0.6 is 34.5 Å². The van der Waals surface area contributed by atoms with Gasteiger partial charge in [0, 0.05) is 33.9 Å². The molecule has 3 aromatic heterocycles. The van der Waals surface area contributed by atoms with Gasteiger partial charge in [-0.15, -0.1) is 11.3 Å². The van der Waals surface area contributed by atoms with Crippen molar-refractivity contribution in [3.05, 3.63) is 57.0 Å². The van der Waals surface area contributed by atoms with Gasteiger partial charge in [-0.1, -0.05) is 29.3 Å². The van der Waals surface area contributed by atoms with E-state index < -0.39 is 0 Å². The maximum absolute atomic E-state index is 6.23. The molecule has 0 saturated heterocycles. The van der Waals surface area contributed by atoms with Gasteiger partial charge in [-0.05, 0) is 30.5 Å². The molecule has 3 heterocycles. The van der Waals surface area contributed by atoms with Gasteiger partial charge in [0.05, 0.1) is 10.2 Å². The normalized spacial score (nSPS) is 11.0. The molecule has 26 heavy (non-hydrogen) atoms. The second-order valence-electron chi connectivity index (χ2n) is 5.65. The van der Waals surface area contributed by atoms with E-state index >= 15 is 0 Å². The lowest BCUT2D eigenvalue weighted by molar-refractivity contribution is 1.04. The maximum Gasteiger partial charge on any atom is 0.225 e. The molecule has 132 valence electrons. The van der Waals surface area contributed by atoms with E-state index in [0.717, 1.165) is 21.5 Å². The number of aromatic nitrogens is 4. The van der Waals surface area contributed by atoms with E-state index in [9.17, 15) is 0 Å². The molecule has 0 atom stereocenters. The molecule has 0 fully saturated rings. The maximum atomic E-state index is 6.23. The number of benzene rings is 1. The molecular formula is C17H14Cl2N6S. The Morgan fingerprint density at radius 3 is 2.69 bits per heavy atom. The molecule has 0 aliphatic rings. The van der Waals surface area contributed by atoms with E-state index in [2.05, 4.69) is 30.8 Å². The van der Waals surface area contributed by atoms with Gasteiger partial charge in [0.15, 0.2) is 11.6 Å². The van der Waals surface area contributed by atoms with Gasteiger partial charge in [0.25, 0.3) is 0 Å². The molecule has 0 aliphatic heterocycles. The second kappa shape index (κ2) is 7.11. The smallest absolute Gasteiger partial charge is 0.225 e. The summed E-state index contributed by atoms with van der Waals surface area (Å²) in [6.45, 7) is 2.37. The van der Waals surface area contributed by atoms with Crippen LogP contribution in [-0.2, 0) is 6.54 Å². The molecule has 0 unspecified atom stereocenters. The largest absolute Gasteiger partial charge is 0.350 e. The Morgan fingerprint density at radius 1 is 1.15 bits per heavy atom. The summed E-state index contributed by atoms with van der Waals surface area (Å²) in [5, 5.41) is 16.7. The molecule has 0 saturated carbocycles. The zero-order valence-corrected chi connectivity index (χ0v) is 16.0. The molecule has 0 bridgehead atoms. The Balaban J connectivity index is 1.63. The number of nitrogens with one attached hydrogen (secondary N) is 3. The number of fused-ring (bicyclic) bond motifs is 1. The lowest BCUT2D eigenvalue weighted by Gasteiger charge is -2.10. The van der Waals surface area contributed by atoms with Crippen molar-refractivity contribution < 1.29 is 0 Å². The first kappa shape index (κ1) is 17.1. The molecule has 0 amide bonds. The van der Waals surface area contributed by atoms with Gasteiger partial charge in [-0.3, -0.25) is 5.10 Å². The third-order valence-corrected chi connectivity index (χ3v) is 5.36. The van der Waals surface area contributed by atoms with Gasteiger partial charge in [-0.2, -0.15) is 10.1 Å². The number of aromatic amines is 1. The Morgan fingerprint density at radius 2 is 1.96 bits per heavy atom. The Bertz CT molecular complexity index is 1050. The van der Waals surface area contributed by atoms with Crippen LogP contribution in [0.4, 0.5) is 17.6 Å². The molecular weight excluding hydrogens is 391 g/mol. The highest BCUT2D eigenvalue weighted by Crippen LogP contribution is 2.30. The monoisotopic (exact) mass is 404 g/mol. The topological polar surface area (TPSA) is 78.5 Å². The molecule has 9 heteroatoms. The molecule has 0 spiro atoms. The average Bonchev–Trinajstić information content (AvgIpc) is 3.23. The number of halogens is 2. The second-order valence-corrected chi connectivity index (χ2v) is 7.38. The molecule has 4 aromatic rings. The van der Waals surface area contributed by atoms with E-state index in [0.29, 0.717) is 34.2 Å². The lowest BCUT2D eigenvalue weighted by atomic mass is 10.2. The zero-order valence-electron chi connectivity index (χ0n) is 13.7. The van der Waals surface area contributed by atoms with Crippen LogP contribution in [0.15, 0.2) is 35.7 Å². The predicted molar refractivity (Wildman–Crippen MR) is 108 cm³/mol. The van der Waals surface area contributed by atoms with E-state index in [4.69, 9.17) is 23.2 Å². The van der Waals surface area contributed by atoms with E-state index in [1.807, 2.05) is 30.5 Å². The van der Waals surface area contributed by atoms with E-state index in [1.165, 1.54) is 0 Å². The van der Waals surface area contributed by atoms with Crippen molar-refractivity contribution in [3.63, 3.8) is 0 Å². The Hall–Kier alpha value is -2.35. The number of hydrogen-bond acceptors (Lipinski definition) is 6. The van der Waals surface area contributed by atoms with Crippen molar-refractivity contribution in [2.75, 3.05) is 10.6 Å². The summed E-state index contributed by atoms with van der Waals surface area (Å²) in [4.78, 5) is 9.14. The van der Waals surface area contributed by atoms with Gasteiger partial charge in [0.1, 0.15) is 0 Å². The quantitative estimate of drug-likeness (QED) is 0.415. The highest BCUT2D eigenvalue weighted by Gasteiger charge is 2.12. The van der Waals surface area contributed by atoms with Crippen molar-refractivity contribution in [1.82, 2.24) is 20.2 Å². The number of nitrogens with zero attached hydrogens (tertiary/aromatic N) is 3. The third kappa shape index (κ3) is 3.46. The fourth-order valence-corrected chi connectivity index (χ4v) is 3.81. The first-order chi connectivity index (χ1) is 12.6. The van der Waals surface area contributed by atoms with E-state index in [1.54, 1.807) is 23.5 Å². The number of aryl methyl sites for hydroxylation is 1. The first-order valence-electron chi connectivity index (χ1n) is 7.81.